The van der Waals surface area contributed by atoms with E-state index in [9.17, 15) is 22.0 Å². The van der Waals surface area contributed by atoms with Crippen LogP contribution in [0.4, 0.5) is 8.78 Å². The first-order valence-electron chi connectivity index (χ1n) is 10.1. The van der Waals surface area contributed by atoms with Crippen molar-refractivity contribution in [3.05, 3.63) is 59.7 Å². The fraction of sp³-hybridized carbons (Fsp3) is 0.409. The smallest absolute Gasteiger partial charge is 0.246 e. The molecule has 168 valence electrons. The van der Waals surface area contributed by atoms with Gasteiger partial charge in [-0.1, -0.05) is 17.7 Å². The van der Waals surface area contributed by atoms with Gasteiger partial charge in [-0.25, -0.2) is 17.2 Å². The molecule has 0 N–H and O–H groups in total. The van der Waals surface area contributed by atoms with Gasteiger partial charge in [0.25, 0.3) is 0 Å². The Bertz CT molecular complexity index is 1020. The Morgan fingerprint density at radius 2 is 1.77 bits per heavy atom. The summed E-state index contributed by atoms with van der Waals surface area (Å²) < 4.78 is 59.5. The molecule has 0 aromatic heterocycles. The second kappa shape index (κ2) is 9.74. The van der Waals surface area contributed by atoms with E-state index in [0.717, 1.165) is 27.8 Å². The lowest BCUT2D eigenvalue weighted by Gasteiger charge is -2.32. The van der Waals surface area contributed by atoms with Gasteiger partial charge in [-0.15, -0.1) is 0 Å². The summed E-state index contributed by atoms with van der Waals surface area (Å²) in [7, 11) is -2.47. The number of nitrogens with zero attached hydrogens (tertiary/aromatic N) is 2. The number of carbonyl (C=O) groups is 1. The van der Waals surface area contributed by atoms with Crippen LogP contribution in [0.5, 0.6) is 5.75 Å². The van der Waals surface area contributed by atoms with Crippen LogP contribution in [0.3, 0.4) is 0 Å². The number of hydrogen-bond donors (Lipinski definition) is 0. The molecule has 9 heteroatoms. The van der Waals surface area contributed by atoms with E-state index in [1.165, 1.54) is 0 Å². The van der Waals surface area contributed by atoms with E-state index in [0.29, 0.717) is 32.1 Å². The van der Waals surface area contributed by atoms with E-state index in [-0.39, 0.29) is 24.9 Å². The zero-order valence-electron chi connectivity index (χ0n) is 17.6. The van der Waals surface area contributed by atoms with E-state index in [1.54, 1.807) is 11.9 Å². The summed E-state index contributed by atoms with van der Waals surface area (Å²) in [6.45, 7) is 2.88. The van der Waals surface area contributed by atoms with Gasteiger partial charge in [-0.3, -0.25) is 4.79 Å². The predicted octanol–water partition coefficient (Wildman–Crippen LogP) is 3.21. The van der Waals surface area contributed by atoms with Crippen molar-refractivity contribution in [2.24, 2.45) is 5.92 Å². The molecule has 0 bridgehead atoms. The van der Waals surface area contributed by atoms with Crippen molar-refractivity contribution in [1.29, 1.82) is 0 Å². The summed E-state index contributed by atoms with van der Waals surface area (Å²) >= 11 is 0. The first kappa shape index (κ1) is 23.1. The van der Waals surface area contributed by atoms with Crippen molar-refractivity contribution >= 4 is 15.9 Å². The first-order chi connectivity index (χ1) is 14.7. The summed E-state index contributed by atoms with van der Waals surface area (Å²) in [4.78, 5) is 13.6. The van der Waals surface area contributed by atoms with Gasteiger partial charge in [-0.2, -0.15) is 4.31 Å². The molecule has 1 heterocycles. The summed E-state index contributed by atoms with van der Waals surface area (Å²) in [6.07, 6.45) is 0.635. The second-order valence-electron chi connectivity index (χ2n) is 7.67. The Labute approximate surface area is 181 Å². The number of halogens is 2. The minimum absolute atomic E-state index is 0.0718. The van der Waals surface area contributed by atoms with Crippen LogP contribution in [-0.4, -0.2) is 56.8 Å². The van der Waals surface area contributed by atoms with Gasteiger partial charge in [0.2, 0.25) is 15.9 Å². The van der Waals surface area contributed by atoms with Gasteiger partial charge in [-0.05, 0) is 50.1 Å². The highest BCUT2D eigenvalue weighted by Crippen LogP contribution is 2.26. The van der Waals surface area contributed by atoms with Crippen LogP contribution in [0, 0.1) is 24.5 Å². The maximum absolute atomic E-state index is 13.9. The molecule has 0 atom stereocenters. The molecule has 0 saturated carbocycles. The molecule has 0 aliphatic carbocycles. The molecule has 1 aliphatic heterocycles. The molecular weight excluding hydrogens is 426 g/mol. The molecule has 2 aromatic carbocycles. The highest BCUT2D eigenvalue weighted by molar-refractivity contribution is 7.89. The Balaban J connectivity index is 1.51. The molecule has 1 fully saturated rings. The number of hydrogen-bond acceptors (Lipinski definition) is 4. The van der Waals surface area contributed by atoms with Crippen LogP contribution in [0.2, 0.25) is 0 Å². The highest BCUT2D eigenvalue weighted by Gasteiger charge is 2.34. The SMILES string of the molecule is Cc1ccc(OCCN(C)C(=O)C2CCN(S(=O)(=O)c3cc(F)ccc3F)CC2)cc1. The average molecular weight is 453 g/mol. The highest BCUT2D eigenvalue weighted by atomic mass is 32.2. The van der Waals surface area contributed by atoms with Crippen LogP contribution >= 0.6 is 0 Å². The van der Waals surface area contributed by atoms with Gasteiger partial charge >= 0.3 is 0 Å². The Hall–Kier alpha value is -2.52. The van der Waals surface area contributed by atoms with Crippen LogP contribution in [0.25, 0.3) is 0 Å². The van der Waals surface area contributed by atoms with Crippen molar-refractivity contribution in [2.75, 3.05) is 33.3 Å². The summed E-state index contributed by atoms with van der Waals surface area (Å²) in [6, 6.07) is 9.99. The van der Waals surface area contributed by atoms with Crippen molar-refractivity contribution in [1.82, 2.24) is 9.21 Å². The molecule has 6 nitrogen and oxygen atoms in total. The molecule has 0 spiro atoms. The van der Waals surface area contributed by atoms with Gasteiger partial charge in [0, 0.05) is 26.1 Å². The van der Waals surface area contributed by atoms with Crippen molar-refractivity contribution in [2.45, 2.75) is 24.7 Å². The average Bonchev–Trinajstić information content (AvgIpc) is 2.76. The number of rotatable bonds is 7. The van der Waals surface area contributed by atoms with Crippen LogP contribution in [0.15, 0.2) is 47.4 Å². The Morgan fingerprint density at radius 1 is 1.13 bits per heavy atom. The van der Waals surface area contributed by atoms with Crippen LogP contribution in [-0.2, 0) is 14.8 Å². The lowest BCUT2D eigenvalue weighted by atomic mass is 9.97. The third-order valence-corrected chi connectivity index (χ3v) is 7.32. The lowest BCUT2D eigenvalue weighted by Crippen LogP contribution is -2.44. The van der Waals surface area contributed by atoms with E-state index < -0.39 is 26.6 Å². The number of benzene rings is 2. The number of amides is 1. The van der Waals surface area contributed by atoms with Crippen LogP contribution < -0.4 is 4.74 Å². The predicted molar refractivity (Wildman–Crippen MR) is 112 cm³/mol. The molecule has 1 aliphatic rings. The Kier molecular flexibility index (Phi) is 7.27. The molecular formula is C22H26F2N2O4S. The normalized spacial score (nSPS) is 15.6. The zero-order valence-corrected chi connectivity index (χ0v) is 18.4. The number of ether oxygens (including phenoxy) is 1. The summed E-state index contributed by atoms with van der Waals surface area (Å²) in [5.74, 6) is -1.49. The number of carbonyl (C=O) groups excluding carboxylic acids is 1. The topological polar surface area (TPSA) is 66.9 Å². The van der Waals surface area contributed by atoms with E-state index in [4.69, 9.17) is 4.74 Å². The Morgan fingerprint density at radius 3 is 2.42 bits per heavy atom. The standard InChI is InChI=1S/C22H26F2N2O4S/c1-16-3-6-19(7-4-16)30-14-13-25(2)22(27)17-9-11-26(12-10-17)31(28,29)21-15-18(23)5-8-20(21)24/h3-8,15,17H,9-14H2,1-2H3. The monoisotopic (exact) mass is 452 g/mol. The van der Waals surface area contributed by atoms with Crippen molar-refractivity contribution in [3.63, 3.8) is 0 Å². The maximum Gasteiger partial charge on any atom is 0.246 e. The number of likely N-dealkylation sites (N-methyl/N-ethyl adjacent to an activating group) is 1. The minimum atomic E-state index is -4.16. The maximum atomic E-state index is 13.9. The quantitative estimate of drug-likeness (QED) is 0.647. The molecule has 3 rings (SSSR count). The molecule has 1 amide bonds. The van der Waals surface area contributed by atoms with Gasteiger partial charge < -0.3 is 9.64 Å². The fourth-order valence-corrected chi connectivity index (χ4v) is 5.06. The zero-order chi connectivity index (χ0) is 22.6. The lowest BCUT2D eigenvalue weighted by molar-refractivity contribution is -0.135. The molecule has 2 aromatic rings. The van der Waals surface area contributed by atoms with Crippen LogP contribution in [0.1, 0.15) is 18.4 Å². The van der Waals surface area contributed by atoms with Gasteiger partial charge in [0.05, 0.1) is 6.54 Å². The van der Waals surface area contributed by atoms with Crippen molar-refractivity contribution < 1.29 is 26.7 Å². The van der Waals surface area contributed by atoms with E-state index >= 15 is 0 Å². The van der Waals surface area contributed by atoms with E-state index in [2.05, 4.69) is 0 Å². The number of aryl methyl sites for hydroxylation is 1. The molecule has 0 radical (unpaired) electrons. The summed E-state index contributed by atoms with van der Waals surface area (Å²) in [5, 5.41) is 0. The molecule has 31 heavy (non-hydrogen) atoms. The summed E-state index contributed by atoms with van der Waals surface area (Å²) in [5.41, 5.74) is 1.13. The number of sulfonamides is 1. The first-order valence-corrected chi connectivity index (χ1v) is 11.5. The molecule has 1 saturated heterocycles. The fourth-order valence-electron chi connectivity index (χ4n) is 3.51. The van der Waals surface area contributed by atoms with E-state index in [1.807, 2.05) is 31.2 Å². The van der Waals surface area contributed by atoms with Gasteiger partial charge in [0.15, 0.2) is 0 Å². The molecule has 0 unspecified atom stereocenters. The van der Waals surface area contributed by atoms with Gasteiger partial charge in [0.1, 0.15) is 28.9 Å². The second-order valence-corrected chi connectivity index (χ2v) is 9.58. The third kappa shape index (κ3) is 5.59. The third-order valence-electron chi connectivity index (χ3n) is 5.41. The largest absolute Gasteiger partial charge is 0.492 e. The minimum Gasteiger partial charge on any atom is -0.492 e. The number of piperidine rings is 1. The van der Waals surface area contributed by atoms with Crippen molar-refractivity contribution in [3.8, 4) is 5.75 Å².